The average Bonchev–Trinajstić information content (AvgIpc) is 3.15. The first-order valence-electron chi connectivity index (χ1n) is 7.56. The Morgan fingerprint density at radius 3 is 2.92 bits per heavy atom. The van der Waals surface area contributed by atoms with Gasteiger partial charge in [-0.15, -0.1) is 0 Å². The van der Waals surface area contributed by atoms with E-state index in [-0.39, 0.29) is 12.0 Å². The molecular weight excluding hydrogens is 306 g/mol. The standard InChI is InChI=1S/C16H19N7O/c1-16(2,8-24)7-18-14-10-4-12(22-15(10)20-9-19-14)11-6-21-23(3)13(11)5-17/h4,6,9,24H,7-8H2,1-3H3,(H2,18,19,20,22). The summed E-state index contributed by atoms with van der Waals surface area (Å²) in [4.78, 5) is 11.7. The maximum Gasteiger partial charge on any atom is 0.147 e. The van der Waals surface area contributed by atoms with E-state index >= 15 is 0 Å². The SMILES string of the molecule is Cn1ncc(-c2cc3c(NCC(C)(C)CO)ncnc3[nH]2)c1C#N. The molecule has 0 bridgehead atoms. The summed E-state index contributed by atoms with van der Waals surface area (Å²) in [5.41, 5.74) is 2.38. The van der Waals surface area contributed by atoms with Gasteiger partial charge in [0, 0.05) is 25.6 Å². The number of nitriles is 1. The van der Waals surface area contributed by atoms with Gasteiger partial charge in [-0.3, -0.25) is 4.68 Å². The first kappa shape index (κ1) is 16.0. The van der Waals surface area contributed by atoms with Gasteiger partial charge in [0.15, 0.2) is 0 Å². The number of rotatable bonds is 5. The highest BCUT2D eigenvalue weighted by Gasteiger charge is 2.18. The number of H-pyrrole nitrogens is 1. The van der Waals surface area contributed by atoms with Crippen LogP contribution in [-0.2, 0) is 7.05 Å². The van der Waals surface area contributed by atoms with E-state index in [2.05, 4.69) is 31.4 Å². The molecule has 0 spiro atoms. The van der Waals surface area contributed by atoms with Crippen molar-refractivity contribution in [3.8, 4) is 17.3 Å². The van der Waals surface area contributed by atoms with Crippen molar-refractivity contribution in [3.05, 3.63) is 24.3 Å². The van der Waals surface area contributed by atoms with Crippen LogP contribution in [0.25, 0.3) is 22.3 Å². The van der Waals surface area contributed by atoms with Crippen molar-refractivity contribution < 1.29 is 5.11 Å². The Morgan fingerprint density at radius 2 is 2.21 bits per heavy atom. The van der Waals surface area contributed by atoms with Gasteiger partial charge in [0.1, 0.15) is 29.6 Å². The predicted molar refractivity (Wildman–Crippen MR) is 90.2 cm³/mol. The number of aromatic amines is 1. The van der Waals surface area contributed by atoms with E-state index in [1.807, 2.05) is 19.9 Å². The molecule has 0 radical (unpaired) electrons. The van der Waals surface area contributed by atoms with Gasteiger partial charge in [0.25, 0.3) is 0 Å². The van der Waals surface area contributed by atoms with E-state index in [1.54, 1.807) is 13.2 Å². The van der Waals surface area contributed by atoms with Crippen molar-refractivity contribution >= 4 is 16.9 Å². The van der Waals surface area contributed by atoms with Crippen molar-refractivity contribution in [3.63, 3.8) is 0 Å². The van der Waals surface area contributed by atoms with E-state index in [0.29, 0.717) is 23.7 Å². The molecule has 0 fully saturated rings. The quantitative estimate of drug-likeness (QED) is 0.657. The molecule has 0 aliphatic rings. The van der Waals surface area contributed by atoms with Crippen molar-refractivity contribution in [2.24, 2.45) is 12.5 Å². The highest BCUT2D eigenvalue weighted by atomic mass is 16.3. The molecule has 0 aromatic carbocycles. The van der Waals surface area contributed by atoms with Crippen LogP contribution < -0.4 is 5.32 Å². The lowest BCUT2D eigenvalue weighted by molar-refractivity contribution is 0.171. The summed E-state index contributed by atoms with van der Waals surface area (Å²) in [6.45, 7) is 4.59. The largest absolute Gasteiger partial charge is 0.396 e. The fraction of sp³-hybridized carbons (Fsp3) is 0.375. The third-order valence-corrected chi connectivity index (χ3v) is 3.92. The number of aromatic nitrogens is 5. The number of hydrogen-bond acceptors (Lipinski definition) is 6. The van der Waals surface area contributed by atoms with Crippen LogP contribution in [0.2, 0.25) is 0 Å². The summed E-state index contributed by atoms with van der Waals surface area (Å²) >= 11 is 0. The Balaban J connectivity index is 2.00. The van der Waals surface area contributed by atoms with Crippen LogP contribution >= 0.6 is 0 Å². The summed E-state index contributed by atoms with van der Waals surface area (Å²) in [6, 6.07) is 4.06. The van der Waals surface area contributed by atoms with Gasteiger partial charge < -0.3 is 15.4 Å². The zero-order valence-electron chi connectivity index (χ0n) is 13.8. The maximum absolute atomic E-state index is 9.38. The summed E-state index contributed by atoms with van der Waals surface area (Å²) in [6.07, 6.45) is 3.13. The Bertz CT molecular complexity index is 916. The van der Waals surface area contributed by atoms with Gasteiger partial charge in [0.05, 0.1) is 22.8 Å². The van der Waals surface area contributed by atoms with E-state index in [4.69, 9.17) is 0 Å². The minimum absolute atomic E-state index is 0.0772. The van der Waals surface area contributed by atoms with Crippen LogP contribution in [0, 0.1) is 16.7 Å². The van der Waals surface area contributed by atoms with Crippen LogP contribution in [0.15, 0.2) is 18.6 Å². The van der Waals surface area contributed by atoms with Crippen molar-refractivity contribution in [1.29, 1.82) is 5.26 Å². The summed E-state index contributed by atoms with van der Waals surface area (Å²) in [5.74, 6) is 0.687. The van der Waals surface area contributed by atoms with Gasteiger partial charge in [-0.05, 0) is 6.07 Å². The number of anilines is 1. The normalized spacial score (nSPS) is 11.6. The molecule has 0 atom stereocenters. The van der Waals surface area contributed by atoms with E-state index in [1.165, 1.54) is 11.0 Å². The fourth-order valence-corrected chi connectivity index (χ4v) is 2.37. The Hall–Kier alpha value is -2.92. The van der Waals surface area contributed by atoms with Crippen LogP contribution in [0.3, 0.4) is 0 Å². The van der Waals surface area contributed by atoms with Crippen LogP contribution in [0.5, 0.6) is 0 Å². The monoisotopic (exact) mass is 325 g/mol. The van der Waals surface area contributed by atoms with Gasteiger partial charge >= 0.3 is 0 Å². The lowest BCUT2D eigenvalue weighted by atomic mass is 9.95. The first-order valence-corrected chi connectivity index (χ1v) is 7.56. The second-order valence-electron chi connectivity index (χ2n) is 6.49. The first-order chi connectivity index (χ1) is 11.4. The second kappa shape index (κ2) is 5.94. The minimum Gasteiger partial charge on any atom is -0.396 e. The van der Waals surface area contributed by atoms with E-state index in [0.717, 1.165) is 16.6 Å². The zero-order chi connectivity index (χ0) is 17.3. The van der Waals surface area contributed by atoms with Gasteiger partial charge in [-0.25, -0.2) is 9.97 Å². The molecule has 3 aromatic heterocycles. The van der Waals surface area contributed by atoms with E-state index in [9.17, 15) is 10.4 Å². The second-order valence-corrected chi connectivity index (χ2v) is 6.49. The molecule has 0 saturated carbocycles. The number of fused-ring (bicyclic) bond motifs is 1. The number of aryl methyl sites for hydroxylation is 1. The zero-order valence-corrected chi connectivity index (χ0v) is 13.8. The molecule has 0 aliphatic heterocycles. The topological polar surface area (TPSA) is 115 Å². The van der Waals surface area contributed by atoms with Crippen molar-refractivity contribution in [1.82, 2.24) is 24.7 Å². The molecular formula is C16H19N7O. The minimum atomic E-state index is -0.256. The summed E-state index contributed by atoms with van der Waals surface area (Å²) in [5, 5.41) is 26.9. The highest BCUT2D eigenvalue weighted by Crippen LogP contribution is 2.29. The van der Waals surface area contributed by atoms with Gasteiger partial charge in [-0.1, -0.05) is 13.8 Å². The summed E-state index contributed by atoms with van der Waals surface area (Å²) < 4.78 is 1.54. The Kier molecular flexibility index (Phi) is 3.95. The van der Waals surface area contributed by atoms with Gasteiger partial charge in [-0.2, -0.15) is 10.4 Å². The average molecular weight is 325 g/mol. The maximum atomic E-state index is 9.38. The van der Waals surface area contributed by atoms with Crippen molar-refractivity contribution in [2.75, 3.05) is 18.5 Å². The number of nitrogens with one attached hydrogen (secondary N) is 2. The molecule has 0 aliphatic carbocycles. The predicted octanol–water partition coefficient (Wildman–Crippen LogP) is 1.66. The number of nitrogens with zero attached hydrogens (tertiary/aromatic N) is 5. The molecule has 124 valence electrons. The van der Waals surface area contributed by atoms with Crippen LogP contribution in [-0.4, -0.2) is 43.0 Å². The summed E-state index contributed by atoms with van der Waals surface area (Å²) in [7, 11) is 1.73. The third-order valence-electron chi connectivity index (χ3n) is 3.92. The Morgan fingerprint density at radius 1 is 1.42 bits per heavy atom. The number of aliphatic hydroxyl groups excluding tert-OH is 1. The van der Waals surface area contributed by atoms with Gasteiger partial charge in [0.2, 0.25) is 0 Å². The molecule has 8 heteroatoms. The molecule has 3 N–H and O–H groups in total. The smallest absolute Gasteiger partial charge is 0.147 e. The lowest BCUT2D eigenvalue weighted by Crippen LogP contribution is -2.27. The molecule has 0 amide bonds. The molecule has 3 rings (SSSR count). The molecule has 0 unspecified atom stereocenters. The lowest BCUT2D eigenvalue weighted by Gasteiger charge is -2.22. The molecule has 8 nitrogen and oxygen atoms in total. The molecule has 0 saturated heterocycles. The molecule has 3 aromatic rings. The highest BCUT2D eigenvalue weighted by molar-refractivity contribution is 5.91. The molecule has 3 heterocycles. The third kappa shape index (κ3) is 2.81. The molecule has 24 heavy (non-hydrogen) atoms. The number of hydrogen-bond donors (Lipinski definition) is 3. The van der Waals surface area contributed by atoms with Crippen molar-refractivity contribution in [2.45, 2.75) is 13.8 Å². The fourth-order valence-electron chi connectivity index (χ4n) is 2.37. The van der Waals surface area contributed by atoms with Crippen LogP contribution in [0.4, 0.5) is 5.82 Å². The van der Waals surface area contributed by atoms with E-state index < -0.39 is 0 Å². The number of aliphatic hydroxyl groups is 1. The van der Waals surface area contributed by atoms with Crippen LogP contribution in [0.1, 0.15) is 19.5 Å². The Labute approximate surface area is 139 Å².